The van der Waals surface area contributed by atoms with Crippen LogP contribution in [0.2, 0.25) is 0 Å². The molecule has 0 aliphatic carbocycles. The lowest BCUT2D eigenvalue weighted by atomic mass is 10.0. The quantitative estimate of drug-likeness (QED) is 0.742. The standard InChI is InChI=1S/C18H16FN5O2S/c19-16-5-14(3-1-12(16)6-20)26-17-9-24(11-18(17,25)10-22)27-15-4-2-13(7-21)23-8-15/h1-5,8,17,25H,9-11,22H2/t17-,18?/m0/s1. The van der Waals surface area contributed by atoms with Crippen molar-refractivity contribution in [3.8, 4) is 17.9 Å². The summed E-state index contributed by atoms with van der Waals surface area (Å²) in [6.45, 7) is 0.566. The van der Waals surface area contributed by atoms with E-state index in [9.17, 15) is 9.50 Å². The van der Waals surface area contributed by atoms with Crippen molar-refractivity contribution in [1.29, 1.82) is 10.5 Å². The fourth-order valence-electron chi connectivity index (χ4n) is 2.71. The molecule has 1 aromatic carbocycles. The van der Waals surface area contributed by atoms with Crippen molar-refractivity contribution in [2.45, 2.75) is 16.6 Å². The first-order valence-corrected chi connectivity index (χ1v) is 8.82. The van der Waals surface area contributed by atoms with Crippen LogP contribution in [0.4, 0.5) is 4.39 Å². The Balaban J connectivity index is 1.72. The highest BCUT2D eigenvalue weighted by Crippen LogP contribution is 2.33. The summed E-state index contributed by atoms with van der Waals surface area (Å²) in [5.74, 6) is -0.463. The van der Waals surface area contributed by atoms with Crippen LogP contribution < -0.4 is 10.5 Å². The number of hydrogen-bond acceptors (Lipinski definition) is 8. The number of aromatic nitrogens is 1. The van der Waals surface area contributed by atoms with Crippen LogP contribution in [0.15, 0.2) is 41.4 Å². The SMILES string of the molecule is N#Cc1ccc(SN2C[C@H](Oc3ccc(C#N)c(F)c3)C(O)(CN)C2)cn1. The van der Waals surface area contributed by atoms with Gasteiger partial charge in [-0.05, 0) is 36.2 Å². The number of aliphatic hydroxyl groups is 1. The zero-order chi connectivity index (χ0) is 19.4. The number of nitrogens with zero attached hydrogens (tertiary/aromatic N) is 4. The van der Waals surface area contributed by atoms with Gasteiger partial charge in [-0.25, -0.2) is 13.7 Å². The predicted molar refractivity (Wildman–Crippen MR) is 95.9 cm³/mol. The Kier molecular flexibility index (Phi) is 5.59. The molecular weight excluding hydrogens is 369 g/mol. The minimum Gasteiger partial charge on any atom is -0.486 e. The Morgan fingerprint density at radius 1 is 1.37 bits per heavy atom. The van der Waals surface area contributed by atoms with Gasteiger partial charge in [0.05, 0.1) is 5.56 Å². The van der Waals surface area contributed by atoms with Crippen LogP contribution in [-0.4, -0.2) is 45.7 Å². The van der Waals surface area contributed by atoms with Gasteiger partial charge in [-0.3, -0.25) is 0 Å². The highest BCUT2D eigenvalue weighted by molar-refractivity contribution is 7.97. The molecule has 2 atom stereocenters. The van der Waals surface area contributed by atoms with Crippen LogP contribution in [0.3, 0.4) is 0 Å². The number of nitrogens with two attached hydrogens (primary N) is 1. The lowest BCUT2D eigenvalue weighted by molar-refractivity contribution is -0.0200. The van der Waals surface area contributed by atoms with E-state index < -0.39 is 17.5 Å². The van der Waals surface area contributed by atoms with E-state index in [0.29, 0.717) is 12.2 Å². The van der Waals surface area contributed by atoms with Crippen LogP contribution in [0.5, 0.6) is 5.75 Å². The number of β-amino-alcohol motifs (C(OH)–C–C–N with tert-alkyl or cyclic N) is 1. The van der Waals surface area contributed by atoms with E-state index in [0.717, 1.165) is 11.0 Å². The Hall–Kier alpha value is -2.69. The van der Waals surface area contributed by atoms with E-state index in [4.69, 9.17) is 21.0 Å². The van der Waals surface area contributed by atoms with Gasteiger partial charge in [-0.1, -0.05) is 0 Å². The molecule has 3 N–H and O–H groups in total. The molecule has 1 aliphatic rings. The van der Waals surface area contributed by atoms with Crippen LogP contribution >= 0.6 is 11.9 Å². The second-order valence-electron chi connectivity index (χ2n) is 6.07. The van der Waals surface area contributed by atoms with Crippen LogP contribution in [0, 0.1) is 28.5 Å². The Bertz CT molecular complexity index is 911. The summed E-state index contributed by atoms with van der Waals surface area (Å²) in [6, 6.07) is 11.0. The Morgan fingerprint density at radius 3 is 2.78 bits per heavy atom. The molecule has 3 rings (SSSR count). The van der Waals surface area contributed by atoms with Crippen molar-refractivity contribution in [2.75, 3.05) is 19.6 Å². The maximum Gasteiger partial charge on any atom is 0.144 e. The summed E-state index contributed by atoms with van der Waals surface area (Å²) in [6.07, 6.45) is 0.906. The molecule has 1 fully saturated rings. The molecular formula is C18H16FN5O2S. The highest BCUT2D eigenvalue weighted by atomic mass is 32.2. The van der Waals surface area contributed by atoms with Gasteiger partial charge in [0.25, 0.3) is 0 Å². The molecule has 1 aromatic heterocycles. The summed E-state index contributed by atoms with van der Waals surface area (Å²) < 4.78 is 21.4. The van der Waals surface area contributed by atoms with Gasteiger partial charge >= 0.3 is 0 Å². The van der Waals surface area contributed by atoms with Crippen LogP contribution in [-0.2, 0) is 0 Å². The third-order valence-corrected chi connectivity index (χ3v) is 5.19. The first kappa shape index (κ1) is 19.1. The van der Waals surface area contributed by atoms with E-state index >= 15 is 0 Å². The molecule has 0 saturated carbocycles. The zero-order valence-electron chi connectivity index (χ0n) is 14.2. The van der Waals surface area contributed by atoms with Gasteiger partial charge in [-0.15, -0.1) is 0 Å². The minimum absolute atomic E-state index is 0.0287. The third-order valence-electron chi connectivity index (χ3n) is 4.20. The monoisotopic (exact) mass is 385 g/mol. The Labute approximate surface area is 159 Å². The minimum atomic E-state index is -1.31. The first-order chi connectivity index (χ1) is 13.0. The highest BCUT2D eigenvalue weighted by Gasteiger charge is 2.46. The summed E-state index contributed by atoms with van der Waals surface area (Å²) in [5, 5.41) is 28.4. The largest absolute Gasteiger partial charge is 0.486 e. The second kappa shape index (κ2) is 7.91. The molecule has 138 valence electrons. The molecule has 27 heavy (non-hydrogen) atoms. The van der Waals surface area contributed by atoms with Crippen molar-refractivity contribution in [3.63, 3.8) is 0 Å². The zero-order valence-corrected chi connectivity index (χ0v) is 15.0. The molecule has 1 saturated heterocycles. The Morgan fingerprint density at radius 2 is 2.19 bits per heavy atom. The maximum absolute atomic E-state index is 13.8. The van der Waals surface area contributed by atoms with Crippen molar-refractivity contribution in [2.24, 2.45) is 5.73 Å². The summed E-state index contributed by atoms with van der Waals surface area (Å²) >= 11 is 1.36. The number of ether oxygens (including phenoxy) is 1. The van der Waals surface area contributed by atoms with Crippen LogP contribution in [0.1, 0.15) is 11.3 Å². The average molecular weight is 385 g/mol. The van der Waals surface area contributed by atoms with Gasteiger partial charge in [0.15, 0.2) is 0 Å². The van der Waals surface area contributed by atoms with E-state index in [-0.39, 0.29) is 24.4 Å². The smallest absolute Gasteiger partial charge is 0.144 e. The van der Waals surface area contributed by atoms with E-state index in [2.05, 4.69) is 4.98 Å². The van der Waals surface area contributed by atoms with Crippen LogP contribution in [0.25, 0.3) is 0 Å². The predicted octanol–water partition coefficient (Wildman–Crippen LogP) is 1.42. The summed E-state index contributed by atoms with van der Waals surface area (Å²) in [4.78, 5) is 4.82. The third kappa shape index (κ3) is 4.18. The maximum atomic E-state index is 13.8. The molecule has 0 amide bonds. The van der Waals surface area contributed by atoms with Crippen molar-refractivity contribution in [1.82, 2.24) is 9.29 Å². The lowest BCUT2D eigenvalue weighted by Crippen LogP contribution is -2.50. The van der Waals surface area contributed by atoms with Crippen molar-refractivity contribution >= 4 is 11.9 Å². The topological polar surface area (TPSA) is 119 Å². The molecule has 7 nitrogen and oxygen atoms in total. The molecule has 0 bridgehead atoms. The van der Waals surface area contributed by atoms with Gasteiger partial charge < -0.3 is 15.6 Å². The number of rotatable bonds is 5. The summed E-state index contributed by atoms with van der Waals surface area (Å²) in [5.41, 5.74) is 4.69. The fraction of sp³-hybridized carbons (Fsp3) is 0.278. The van der Waals surface area contributed by atoms with Gasteiger partial charge in [-0.2, -0.15) is 10.5 Å². The normalized spacial score (nSPS) is 22.2. The fourth-order valence-corrected chi connectivity index (χ4v) is 3.74. The molecule has 2 heterocycles. The lowest BCUT2D eigenvalue weighted by Gasteiger charge is -2.27. The number of hydrogen-bond donors (Lipinski definition) is 2. The van der Waals surface area contributed by atoms with Gasteiger partial charge in [0.2, 0.25) is 0 Å². The molecule has 2 aromatic rings. The number of nitriles is 2. The first-order valence-electron chi connectivity index (χ1n) is 8.05. The molecule has 0 spiro atoms. The molecule has 1 unspecified atom stereocenters. The molecule has 9 heteroatoms. The van der Waals surface area contributed by atoms with E-state index in [1.54, 1.807) is 24.4 Å². The van der Waals surface area contributed by atoms with Gasteiger partial charge in [0, 0.05) is 36.8 Å². The average Bonchev–Trinajstić information content (AvgIpc) is 2.98. The van der Waals surface area contributed by atoms with Crippen molar-refractivity contribution in [3.05, 3.63) is 53.6 Å². The number of halogens is 1. The van der Waals surface area contributed by atoms with Gasteiger partial charge in [0.1, 0.15) is 41.1 Å². The summed E-state index contributed by atoms with van der Waals surface area (Å²) in [7, 11) is 0. The van der Waals surface area contributed by atoms with E-state index in [1.807, 2.05) is 10.4 Å². The van der Waals surface area contributed by atoms with Crippen molar-refractivity contribution < 1.29 is 14.2 Å². The number of pyridine rings is 1. The number of benzene rings is 1. The van der Waals surface area contributed by atoms with E-state index in [1.165, 1.54) is 24.1 Å². The molecule has 1 aliphatic heterocycles. The second-order valence-corrected chi connectivity index (χ2v) is 7.24. The molecule has 0 radical (unpaired) electrons.